The zero-order valence-corrected chi connectivity index (χ0v) is 8.21. The number of aromatic nitrogens is 1. The highest BCUT2D eigenvalue weighted by Gasteiger charge is 2.01. The standard InChI is InChI=1S/C8H8N2S2/c1-11-8-10-6-4-5(9)2-3-7(6)12-8/h2-4H,9H2,1H3. The predicted octanol–water partition coefficient (Wildman–Crippen LogP) is 2.60. The molecule has 0 spiro atoms. The monoisotopic (exact) mass is 196 g/mol. The van der Waals surface area contributed by atoms with Crippen LogP contribution in [0.1, 0.15) is 0 Å². The van der Waals surface area contributed by atoms with E-state index in [1.165, 1.54) is 4.70 Å². The molecule has 4 heteroatoms. The van der Waals surface area contributed by atoms with Crippen molar-refractivity contribution in [1.82, 2.24) is 4.98 Å². The molecule has 1 aromatic carbocycles. The molecular formula is C8H8N2S2. The molecule has 2 rings (SSSR count). The Morgan fingerprint density at radius 3 is 3.08 bits per heavy atom. The number of nitrogens with two attached hydrogens (primary N) is 1. The second kappa shape index (κ2) is 2.95. The van der Waals surface area contributed by atoms with Crippen LogP contribution in [0.25, 0.3) is 10.2 Å². The molecule has 12 heavy (non-hydrogen) atoms. The zero-order chi connectivity index (χ0) is 8.55. The Kier molecular flexibility index (Phi) is 1.94. The Labute approximate surface area is 78.8 Å². The third-order valence-corrected chi connectivity index (χ3v) is 3.59. The summed E-state index contributed by atoms with van der Waals surface area (Å²) in [5.74, 6) is 0. The Balaban J connectivity index is 2.67. The van der Waals surface area contributed by atoms with E-state index in [-0.39, 0.29) is 0 Å². The van der Waals surface area contributed by atoms with E-state index < -0.39 is 0 Å². The Hall–Kier alpha value is -0.740. The maximum Gasteiger partial charge on any atom is 0.150 e. The van der Waals surface area contributed by atoms with Crippen molar-refractivity contribution in [2.75, 3.05) is 12.0 Å². The van der Waals surface area contributed by atoms with Crippen molar-refractivity contribution in [2.24, 2.45) is 0 Å². The SMILES string of the molecule is CSc1nc2cc(N)ccc2s1. The molecule has 1 heterocycles. The summed E-state index contributed by atoms with van der Waals surface area (Å²) in [6.07, 6.45) is 2.03. The van der Waals surface area contributed by atoms with Crippen molar-refractivity contribution >= 4 is 39.0 Å². The van der Waals surface area contributed by atoms with E-state index in [2.05, 4.69) is 4.98 Å². The number of fused-ring (bicyclic) bond motifs is 1. The van der Waals surface area contributed by atoms with Gasteiger partial charge in [0, 0.05) is 5.69 Å². The summed E-state index contributed by atoms with van der Waals surface area (Å²) < 4.78 is 2.30. The van der Waals surface area contributed by atoms with Crippen molar-refractivity contribution in [1.29, 1.82) is 0 Å². The van der Waals surface area contributed by atoms with Gasteiger partial charge in [-0.1, -0.05) is 11.8 Å². The van der Waals surface area contributed by atoms with Crippen molar-refractivity contribution in [3.05, 3.63) is 18.2 Å². The van der Waals surface area contributed by atoms with Crippen LogP contribution >= 0.6 is 23.1 Å². The van der Waals surface area contributed by atoms with Gasteiger partial charge in [0.15, 0.2) is 4.34 Å². The fourth-order valence-corrected chi connectivity index (χ4v) is 2.48. The smallest absolute Gasteiger partial charge is 0.150 e. The van der Waals surface area contributed by atoms with E-state index in [1.807, 2.05) is 24.5 Å². The molecule has 0 amide bonds. The average molecular weight is 196 g/mol. The van der Waals surface area contributed by atoms with Crippen LogP contribution in [0.15, 0.2) is 22.5 Å². The minimum atomic E-state index is 0.778. The highest BCUT2D eigenvalue weighted by Crippen LogP contribution is 2.28. The first-order chi connectivity index (χ1) is 5.79. The van der Waals surface area contributed by atoms with Crippen molar-refractivity contribution in [3.63, 3.8) is 0 Å². The summed E-state index contributed by atoms with van der Waals surface area (Å²) in [5, 5.41) is 0. The van der Waals surface area contributed by atoms with Crippen LogP contribution in [0.4, 0.5) is 5.69 Å². The third kappa shape index (κ3) is 1.28. The molecule has 2 nitrogen and oxygen atoms in total. The number of nitrogen functional groups attached to an aromatic ring is 1. The number of anilines is 1. The predicted molar refractivity (Wildman–Crippen MR) is 55.8 cm³/mol. The normalized spacial score (nSPS) is 10.8. The Morgan fingerprint density at radius 1 is 1.50 bits per heavy atom. The first-order valence-electron chi connectivity index (χ1n) is 3.49. The van der Waals surface area contributed by atoms with Gasteiger partial charge in [-0.05, 0) is 24.5 Å². The molecule has 0 saturated heterocycles. The van der Waals surface area contributed by atoms with Crippen molar-refractivity contribution in [2.45, 2.75) is 4.34 Å². The molecule has 2 N–H and O–H groups in total. The van der Waals surface area contributed by atoms with E-state index in [0.717, 1.165) is 15.5 Å². The zero-order valence-electron chi connectivity index (χ0n) is 6.57. The molecule has 0 aliphatic carbocycles. The summed E-state index contributed by atoms with van der Waals surface area (Å²) in [6, 6.07) is 5.83. The second-order valence-electron chi connectivity index (χ2n) is 2.41. The molecule has 0 radical (unpaired) electrons. The van der Waals surface area contributed by atoms with Gasteiger partial charge in [-0.25, -0.2) is 4.98 Å². The van der Waals surface area contributed by atoms with E-state index in [0.29, 0.717) is 0 Å². The van der Waals surface area contributed by atoms with Crippen molar-refractivity contribution < 1.29 is 0 Å². The lowest BCUT2D eigenvalue weighted by Crippen LogP contribution is -1.81. The van der Waals surface area contributed by atoms with Crippen LogP contribution in [-0.4, -0.2) is 11.2 Å². The van der Waals surface area contributed by atoms with Crippen LogP contribution in [0.5, 0.6) is 0 Å². The highest BCUT2D eigenvalue weighted by atomic mass is 32.2. The molecule has 0 unspecified atom stereocenters. The highest BCUT2D eigenvalue weighted by molar-refractivity contribution is 8.00. The number of thioether (sulfide) groups is 1. The summed E-state index contributed by atoms with van der Waals surface area (Å²) in [5.41, 5.74) is 7.41. The number of hydrogen-bond donors (Lipinski definition) is 1. The van der Waals surface area contributed by atoms with Gasteiger partial charge in [-0.2, -0.15) is 0 Å². The van der Waals surface area contributed by atoms with Gasteiger partial charge in [-0.3, -0.25) is 0 Å². The van der Waals surface area contributed by atoms with Crippen LogP contribution in [0, 0.1) is 0 Å². The van der Waals surface area contributed by atoms with E-state index >= 15 is 0 Å². The van der Waals surface area contributed by atoms with Gasteiger partial charge in [-0.15, -0.1) is 11.3 Å². The van der Waals surface area contributed by atoms with Gasteiger partial charge >= 0.3 is 0 Å². The number of hydrogen-bond acceptors (Lipinski definition) is 4. The quantitative estimate of drug-likeness (QED) is 0.563. The number of nitrogens with zero attached hydrogens (tertiary/aromatic N) is 1. The topological polar surface area (TPSA) is 38.9 Å². The van der Waals surface area contributed by atoms with Gasteiger partial charge < -0.3 is 5.73 Å². The van der Waals surface area contributed by atoms with Gasteiger partial charge in [0.1, 0.15) is 0 Å². The summed E-state index contributed by atoms with van der Waals surface area (Å²) in [7, 11) is 0. The summed E-state index contributed by atoms with van der Waals surface area (Å²) in [6.45, 7) is 0. The fourth-order valence-electron chi connectivity index (χ4n) is 1.01. The van der Waals surface area contributed by atoms with Crippen molar-refractivity contribution in [3.8, 4) is 0 Å². The van der Waals surface area contributed by atoms with E-state index in [1.54, 1.807) is 23.1 Å². The lowest BCUT2D eigenvalue weighted by atomic mass is 10.3. The van der Waals surface area contributed by atoms with Crippen LogP contribution in [0.3, 0.4) is 0 Å². The lowest BCUT2D eigenvalue weighted by Gasteiger charge is -1.89. The van der Waals surface area contributed by atoms with Gasteiger partial charge in [0.25, 0.3) is 0 Å². The lowest BCUT2D eigenvalue weighted by molar-refractivity contribution is 1.31. The maximum atomic E-state index is 5.63. The molecule has 0 aliphatic rings. The van der Waals surface area contributed by atoms with Gasteiger partial charge in [0.05, 0.1) is 10.2 Å². The number of rotatable bonds is 1. The largest absolute Gasteiger partial charge is 0.399 e. The van der Waals surface area contributed by atoms with Crippen LogP contribution in [-0.2, 0) is 0 Å². The van der Waals surface area contributed by atoms with E-state index in [4.69, 9.17) is 5.73 Å². The van der Waals surface area contributed by atoms with Crippen LogP contribution in [0.2, 0.25) is 0 Å². The van der Waals surface area contributed by atoms with Crippen LogP contribution < -0.4 is 5.73 Å². The molecule has 0 fully saturated rings. The molecule has 62 valence electrons. The molecule has 0 aliphatic heterocycles. The van der Waals surface area contributed by atoms with Gasteiger partial charge in [0.2, 0.25) is 0 Å². The van der Waals surface area contributed by atoms with E-state index in [9.17, 15) is 0 Å². The summed E-state index contributed by atoms with van der Waals surface area (Å²) in [4.78, 5) is 4.39. The fraction of sp³-hybridized carbons (Fsp3) is 0.125. The molecule has 2 aromatic rings. The second-order valence-corrected chi connectivity index (χ2v) is 4.50. The molecule has 0 saturated carbocycles. The average Bonchev–Trinajstić information content (AvgIpc) is 2.46. The first kappa shape index (κ1) is 7.89. The Bertz CT molecular complexity index is 408. The number of thiazole rings is 1. The number of benzene rings is 1. The molecule has 1 aromatic heterocycles. The molecule has 0 bridgehead atoms. The first-order valence-corrected chi connectivity index (χ1v) is 5.54. The third-order valence-electron chi connectivity index (χ3n) is 1.57. The maximum absolute atomic E-state index is 5.63. The molecular weight excluding hydrogens is 188 g/mol. The minimum absolute atomic E-state index is 0.778. The summed E-state index contributed by atoms with van der Waals surface area (Å²) >= 11 is 3.37. The minimum Gasteiger partial charge on any atom is -0.399 e. The Morgan fingerprint density at radius 2 is 2.33 bits per heavy atom. The molecule has 0 atom stereocenters.